The van der Waals surface area contributed by atoms with Crippen molar-refractivity contribution in [3.05, 3.63) is 94.0 Å². The number of aryl methyl sites for hydroxylation is 1. The highest BCUT2D eigenvalue weighted by atomic mass is 79.9. The third-order valence-corrected chi connectivity index (χ3v) is 4.53. The third kappa shape index (κ3) is 5.72. The van der Waals surface area contributed by atoms with Crippen LogP contribution in [0.5, 0.6) is 11.5 Å². The molecule has 0 aromatic heterocycles. The molecule has 0 saturated carbocycles. The number of benzene rings is 3. The molecule has 0 radical (unpaired) electrons. The second kappa shape index (κ2) is 9.24. The van der Waals surface area contributed by atoms with E-state index >= 15 is 0 Å². The normalized spacial score (nSPS) is 10.8. The molecule has 0 bridgehead atoms. The summed E-state index contributed by atoms with van der Waals surface area (Å²) in [6.45, 7) is 2.49. The van der Waals surface area contributed by atoms with E-state index in [0.717, 1.165) is 15.6 Å². The molecule has 3 aromatic rings. The van der Waals surface area contributed by atoms with Crippen LogP contribution in [0.3, 0.4) is 0 Å². The Morgan fingerprint density at radius 3 is 2.50 bits per heavy atom. The highest BCUT2D eigenvalue weighted by Gasteiger charge is 2.05. The van der Waals surface area contributed by atoms with Crippen molar-refractivity contribution in [3.8, 4) is 11.5 Å². The largest absolute Gasteiger partial charge is 0.508 e. The maximum Gasteiger partial charge on any atom is 0.248 e. The van der Waals surface area contributed by atoms with Crippen LogP contribution in [0.4, 0.5) is 5.69 Å². The molecular weight excluding hydrogens is 418 g/mol. The van der Waals surface area contributed by atoms with Gasteiger partial charge in [-0.05, 0) is 61.0 Å². The summed E-state index contributed by atoms with van der Waals surface area (Å²) < 4.78 is 6.85. The second-order valence-electron chi connectivity index (χ2n) is 6.33. The molecule has 0 atom stereocenters. The number of rotatable bonds is 6. The van der Waals surface area contributed by atoms with Crippen LogP contribution in [0.2, 0.25) is 0 Å². The fourth-order valence-corrected chi connectivity index (χ4v) is 2.90. The molecule has 0 aliphatic carbocycles. The number of carbonyl (C=O) groups is 1. The summed E-state index contributed by atoms with van der Waals surface area (Å²) in [7, 11) is 0. The zero-order valence-electron chi connectivity index (χ0n) is 15.4. The van der Waals surface area contributed by atoms with Crippen molar-refractivity contribution in [3.63, 3.8) is 0 Å². The Bertz CT molecular complexity index is 980. The molecule has 142 valence electrons. The molecule has 0 unspecified atom stereocenters. The molecule has 0 fully saturated rings. The lowest BCUT2D eigenvalue weighted by Crippen LogP contribution is -2.07. The molecule has 5 heteroatoms. The molecule has 3 aromatic carbocycles. The fraction of sp³-hybridized carbons (Fsp3) is 0.0870. The number of phenols is 1. The Kier molecular flexibility index (Phi) is 6.50. The van der Waals surface area contributed by atoms with Crippen molar-refractivity contribution < 1.29 is 14.6 Å². The van der Waals surface area contributed by atoms with Crippen molar-refractivity contribution in [1.29, 1.82) is 0 Å². The van der Waals surface area contributed by atoms with Gasteiger partial charge in [0.15, 0.2) is 0 Å². The minimum atomic E-state index is -0.268. The first kappa shape index (κ1) is 19.7. The number of halogens is 1. The van der Waals surface area contributed by atoms with Crippen LogP contribution < -0.4 is 10.1 Å². The van der Waals surface area contributed by atoms with E-state index in [9.17, 15) is 9.90 Å². The number of hydrogen-bond donors (Lipinski definition) is 2. The van der Waals surface area contributed by atoms with E-state index < -0.39 is 0 Å². The summed E-state index contributed by atoms with van der Waals surface area (Å²) in [5.74, 6) is 0.575. The van der Waals surface area contributed by atoms with E-state index in [4.69, 9.17) is 4.74 Å². The first-order valence-electron chi connectivity index (χ1n) is 8.75. The van der Waals surface area contributed by atoms with E-state index in [0.29, 0.717) is 18.0 Å². The van der Waals surface area contributed by atoms with Crippen LogP contribution in [0.25, 0.3) is 6.08 Å². The Morgan fingerprint density at radius 2 is 1.79 bits per heavy atom. The van der Waals surface area contributed by atoms with Gasteiger partial charge in [0.1, 0.15) is 18.1 Å². The average molecular weight is 438 g/mol. The van der Waals surface area contributed by atoms with Gasteiger partial charge in [-0.25, -0.2) is 0 Å². The van der Waals surface area contributed by atoms with Crippen molar-refractivity contribution >= 4 is 33.6 Å². The second-order valence-corrected chi connectivity index (χ2v) is 7.24. The Labute approximate surface area is 172 Å². The molecule has 0 aliphatic heterocycles. The lowest BCUT2D eigenvalue weighted by molar-refractivity contribution is -0.111. The molecule has 4 nitrogen and oxygen atoms in total. The van der Waals surface area contributed by atoms with Crippen LogP contribution in [-0.4, -0.2) is 11.0 Å². The zero-order valence-corrected chi connectivity index (χ0v) is 16.9. The van der Waals surface area contributed by atoms with E-state index in [1.54, 1.807) is 18.2 Å². The number of nitrogens with one attached hydrogen (secondary N) is 1. The number of phenolic OH excluding ortho intramolecular Hbond substituents is 1. The smallest absolute Gasteiger partial charge is 0.248 e. The fourth-order valence-electron chi connectivity index (χ4n) is 2.52. The first-order chi connectivity index (χ1) is 13.5. The van der Waals surface area contributed by atoms with Gasteiger partial charge in [-0.2, -0.15) is 0 Å². The van der Waals surface area contributed by atoms with Gasteiger partial charge in [0.25, 0.3) is 0 Å². The van der Waals surface area contributed by atoms with Crippen LogP contribution in [0.1, 0.15) is 16.7 Å². The average Bonchev–Trinajstić information content (AvgIpc) is 2.69. The minimum Gasteiger partial charge on any atom is -0.508 e. The minimum absolute atomic E-state index is 0.151. The lowest BCUT2D eigenvalue weighted by atomic mass is 10.1. The number of aromatic hydroxyl groups is 1. The number of hydrogen-bond acceptors (Lipinski definition) is 3. The van der Waals surface area contributed by atoms with Crippen molar-refractivity contribution in [2.24, 2.45) is 0 Å². The number of anilines is 1. The lowest BCUT2D eigenvalue weighted by Gasteiger charge is -2.10. The molecular formula is C23H20BrNO3. The quantitative estimate of drug-likeness (QED) is 0.384. The molecule has 0 saturated heterocycles. The Hall–Kier alpha value is -3.05. The molecule has 28 heavy (non-hydrogen) atoms. The summed E-state index contributed by atoms with van der Waals surface area (Å²) in [5, 5.41) is 12.0. The summed E-state index contributed by atoms with van der Waals surface area (Å²) in [5.41, 5.74) is 3.68. The van der Waals surface area contributed by atoms with Crippen LogP contribution in [0, 0.1) is 6.92 Å². The van der Waals surface area contributed by atoms with Crippen molar-refractivity contribution in [2.75, 3.05) is 5.32 Å². The summed E-state index contributed by atoms with van der Waals surface area (Å²) in [6, 6.07) is 20.2. The molecule has 3 rings (SSSR count). The summed E-state index contributed by atoms with van der Waals surface area (Å²) in [6.07, 6.45) is 3.17. The van der Waals surface area contributed by atoms with Crippen LogP contribution in [0.15, 0.2) is 77.3 Å². The van der Waals surface area contributed by atoms with E-state index in [2.05, 4.69) is 33.4 Å². The van der Waals surface area contributed by atoms with Gasteiger partial charge >= 0.3 is 0 Å². The molecule has 1 amide bonds. The monoisotopic (exact) mass is 437 g/mol. The van der Waals surface area contributed by atoms with Crippen molar-refractivity contribution in [2.45, 2.75) is 13.5 Å². The number of carbonyl (C=O) groups excluding carboxylic acids is 1. The van der Waals surface area contributed by atoms with Gasteiger partial charge in [0, 0.05) is 21.8 Å². The Balaban J connectivity index is 1.68. The van der Waals surface area contributed by atoms with Gasteiger partial charge in [0.05, 0.1) is 0 Å². The Morgan fingerprint density at radius 1 is 1.07 bits per heavy atom. The first-order valence-corrected chi connectivity index (χ1v) is 9.55. The maximum atomic E-state index is 12.2. The third-order valence-electron chi connectivity index (χ3n) is 4.04. The molecule has 2 N–H and O–H groups in total. The molecule has 0 aliphatic rings. The summed E-state index contributed by atoms with van der Waals surface area (Å²) in [4.78, 5) is 12.2. The highest BCUT2D eigenvalue weighted by Crippen LogP contribution is 2.25. The van der Waals surface area contributed by atoms with Crippen LogP contribution in [-0.2, 0) is 11.4 Å². The number of amides is 1. The van der Waals surface area contributed by atoms with E-state index in [1.807, 2.05) is 37.3 Å². The highest BCUT2D eigenvalue weighted by molar-refractivity contribution is 9.10. The van der Waals surface area contributed by atoms with Gasteiger partial charge in [-0.3, -0.25) is 4.79 Å². The standard InChI is InChI=1S/C23H20BrNO3/c1-16-2-4-17(5-3-16)15-28-22-12-7-19(24)14-18(22)6-13-23(27)25-20-8-10-21(26)11-9-20/h2-14,26H,15H2,1H3,(H,25,27)/b13-6+. The molecule has 0 spiro atoms. The summed E-state index contributed by atoms with van der Waals surface area (Å²) >= 11 is 3.45. The van der Waals surface area contributed by atoms with Gasteiger partial charge in [-0.15, -0.1) is 0 Å². The van der Waals surface area contributed by atoms with Gasteiger partial charge in [-0.1, -0.05) is 45.8 Å². The SMILES string of the molecule is Cc1ccc(COc2ccc(Br)cc2/C=C/C(=O)Nc2ccc(O)cc2)cc1. The zero-order chi connectivity index (χ0) is 19.9. The van der Waals surface area contributed by atoms with Crippen LogP contribution >= 0.6 is 15.9 Å². The van der Waals surface area contributed by atoms with Gasteiger partial charge < -0.3 is 15.2 Å². The predicted molar refractivity (Wildman–Crippen MR) is 115 cm³/mol. The number of ether oxygens (including phenoxy) is 1. The van der Waals surface area contributed by atoms with Gasteiger partial charge in [0.2, 0.25) is 5.91 Å². The predicted octanol–water partition coefficient (Wildman–Crippen LogP) is 5.69. The molecule has 0 heterocycles. The van der Waals surface area contributed by atoms with Crippen molar-refractivity contribution in [1.82, 2.24) is 0 Å². The maximum absolute atomic E-state index is 12.2. The van der Waals surface area contributed by atoms with E-state index in [-0.39, 0.29) is 11.7 Å². The topological polar surface area (TPSA) is 58.6 Å². The van der Waals surface area contributed by atoms with E-state index in [1.165, 1.54) is 23.8 Å².